The average Bonchev–Trinajstić information content (AvgIpc) is 2.28. The van der Waals surface area contributed by atoms with Gasteiger partial charge < -0.3 is 9.47 Å². The molecule has 16 heavy (non-hydrogen) atoms. The fourth-order valence-corrected chi connectivity index (χ4v) is 2.28. The Hall–Kier alpha value is 0.1000. The first kappa shape index (κ1) is 14.2. The average molecular weight is 352 g/mol. The van der Waals surface area contributed by atoms with E-state index in [1.54, 1.807) is 0 Å². The number of hydrogen-bond acceptors (Lipinski definition) is 2. The third kappa shape index (κ3) is 4.17. The van der Waals surface area contributed by atoms with Gasteiger partial charge in [-0.2, -0.15) is 0 Å². The van der Waals surface area contributed by atoms with Crippen molar-refractivity contribution in [3.63, 3.8) is 0 Å². The van der Waals surface area contributed by atoms with Crippen LogP contribution >= 0.6 is 31.9 Å². The van der Waals surface area contributed by atoms with Crippen molar-refractivity contribution < 1.29 is 9.47 Å². The minimum Gasteiger partial charge on any atom is -0.377 e. The molecule has 0 bridgehead atoms. The molecular formula is C12H16Br2O2. The molecule has 0 saturated heterocycles. The van der Waals surface area contributed by atoms with Gasteiger partial charge in [-0.05, 0) is 37.1 Å². The van der Waals surface area contributed by atoms with E-state index in [-0.39, 0.29) is 0 Å². The first-order valence-corrected chi connectivity index (χ1v) is 6.89. The van der Waals surface area contributed by atoms with Crippen LogP contribution in [0.25, 0.3) is 0 Å². The molecule has 1 aromatic rings. The second kappa shape index (κ2) is 7.43. The van der Waals surface area contributed by atoms with E-state index in [0.29, 0.717) is 13.2 Å². The zero-order valence-corrected chi connectivity index (χ0v) is 12.7. The normalized spacial score (nSPS) is 10.8. The van der Waals surface area contributed by atoms with Gasteiger partial charge in [0.2, 0.25) is 0 Å². The maximum Gasteiger partial charge on any atom is 0.0728 e. The molecule has 0 aliphatic carbocycles. The number of halogens is 2. The molecule has 0 atom stereocenters. The summed E-state index contributed by atoms with van der Waals surface area (Å²) >= 11 is 7.09. The molecule has 0 aliphatic heterocycles. The summed E-state index contributed by atoms with van der Waals surface area (Å²) in [6.45, 7) is 6.70. The van der Waals surface area contributed by atoms with E-state index in [1.807, 2.05) is 13.8 Å². The SMILES string of the molecule is CCOCc1cc(Br)c(COCC)cc1Br. The highest BCUT2D eigenvalue weighted by Crippen LogP contribution is 2.27. The summed E-state index contributed by atoms with van der Waals surface area (Å²) in [7, 11) is 0. The van der Waals surface area contributed by atoms with Gasteiger partial charge >= 0.3 is 0 Å². The van der Waals surface area contributed by atoms with Crippen LogP contribution in [0, 0.1) is 0 Å². The molecule has 0 saturated carbocycles. The van der Waals surface area contributed by atoms with E-state index in [1.165, 1.54) is 0 Å². The molecule has 0 spiro atoms. The molecule has 0 radical (unpaired) electrons. The fourth-order valence-electron chi connectivity index (χ4n) is 1.27. The van der Waals surface area contributed by atoms with Crippen molar-refractivity contribution >= 4 is 31.9 Å². The van der Waals surface area contributed by atoms with E-state index in [9.17, 15) is 0 Å². The summed E-state index contributed by atoms with van der Waals surface area (Å²) in [5.41, 5.74) is 2.29. The van der Waals surface area contributed by atoms with Crippen LogP contribution in [-0.4, -0.2) is 13.2 Å². The van der Waals surface area contributed by atoms with Crippen LogP contribution in [0.1, 0.15) is 25.0 Å². The summed E-state index contributed by atoms with van der Waals surface area (Å²) in [5, 5.41) is 0. The van der Waals surface area contributed by atoms with Crippen LogP contribution in [0.2, 0.25) is 0 Å². The van der Waals surface area contributed by atoms with Gasteiger partial charge in [-0.1, -0.05) is 31.9 Å². The molecule has 4 heteroatoms. The Bertz CT molecular complexity index is 306. The van der Waals surface area contributed by atoms with Crippen molar-refractivity contribution in [2.24, 2.45) is 0 Å². The van der Waals surface area contributed by atoms with Crippen molar-refractivity contribution in [2.75, 3.05) is 13.2 Å². The van der Waals surface area contributed by atoms with Crippen LogP contribution in [0.5, 0.6) is 0 Å². The summed E-state index contributed by atoms with van der Waals surface area (Å²) in [4.78, 5) is 0. The van der Waals surface area contributed by atoms with Gasteiger partial charge in [0.1, 0.15) is 0 Å². The molecule has 2 nitrogen and oxygen atoms in total. The molecular weight excluding hydrogens is 336 g/mol. The Kier molecular flexibility index (Phi) is 6.58. The van der Waals surface area contributed by atoms with Crippen molar-refractivity contribution in [3.05, 3.63) is 32.2 Å². The largest absolute Gasteiger partial charge is 0.377 e. The minimum atomic E-state index is 0.630. The number of hydrogen-bond donors (Lipinski definition) is 0. The Morgan fingerprint density at radius 1 is 0.875 bits per heavy atom. The molecule has 0 N–H and O–H groups in total. The zero-order valence-electron chi connectivity index (χ0n) is 9.56. The molecule has 0 heterocycles. The maximum atomic E-state index is 5.39. The van der Waals surface area contributed by atoms with Gasteiger partial charge in [-0.15, -0.1) is 0 Å². The molecule has 90 valence electrons. The predicted molar refractivity (Wildman–Crippen MR) is 72.5 cm³/mol. The van der Waals surface area contributed by atoms with E-state index in [2.05, 4.69) is 44.0 Å². The van der Waals surface area contributed by atoms with E-state index in [4.69, 9.17) is 9.47 Å². The van der Waals surface area contributed by atoms with Crippen molar-refractivity contribution in [1.29, 1.82) is 0 Å². The van der Waals surface area contributed by atoms with Crippen LogP contribution < -0.4 is 0 Å². The summed E-state index contributed by atoms with van der Waals surface area (Å²) in [5.74, 6) is 0. The Labute approximate surface area is 114 Å². The quantitative estimate of drug-likeness (QED) is 0.761. The Balaban J connectivity index is 2.79. The van der Waals surface area contributed by atoms with Crippen molar-refractivity contribution in [3.8, 4) is 0 Å². The number of ether oxygens (including phenoxy) is 2. The van der Waals surface area contributed by atoms with Gasteiger partial charge in [0.15, 0.2) is 0 Å². The predicted octanol–water partition coefficient (Wildman–Crippen LogP) is 4.28. The summed E-state index contributed by atoms with van der Waals surface area (Å²) in [6.07, 6.45) is 0. The highest BCUT2D eigenvalue weighted by Gasteiger charge is 2.06. The second-order valence-corrected chi connectivity index (χ2v) is 5.02. The molecule has 0 aliphatic rings. The molecule has 0 fully saturated rings. The second-order valence-electron chi connectivity index (χ2n) is 3.31. The van der Waals surface area contributed by atoms with Crippen LogP contribution in [-0.2, 0) is 22.7 Å². The highest BCUT2D eigenvalue weighted by molar-refractivity contribution is 9.11. The smallest absolute Gasteiger partial charge is 0.0728 e. The van der Waals surface area contributed by atoms with E-state index < -0.39 is 0 Å². The minimum absolute atomic E-state index is 0.630. The third-order valence-corrected chi connectivity index (χ3v) is 3.62. The van der Waals surface area contributed by atoms with Gasteiger partial charge in [0.05, 0.1) is 13.2 Å². The third-order valence-electron chi connectivity index (χ3n) is 2.14. The zero-order chi connectivity index (χ0) is 12.0. The van der Waals surface area contributed by atoms with Crippen molar-refractivity contribution in [1.82, 2.24) is 0 Å². The lowest BCUT2D eigenvalue weighted by Crippen LogP contribution is -1.98. The van der Waals surface area contributed by atoms with Gasteiger partial charge in [0.25, 0.3) is 0 Å². The highest BCUT2D eigenvalue weighted by atomic mass is 79.9. The fraction of sp³-hybridized carbons (Fsp3) is 0.500. The Morgan fingerprint density at radius 2 is 1.25 bits per heavy atom. The first-order valence-electron chi connectivity index (χ1n) is 5.31. The monoisotopic (exact) mass is 350 g/mol. The lowest BCUT2D eigenvalue weighted by Gasteiger charge is -2.10. The summed E-state index contributed by atoms with van der Waals surface area (Å²) < 4.78 is 12.9. The van der Waals surface area contributed by atoms with Crippen LogP contribution in [0.4, 0.5) is 0 Å². The first-order chi connectivity index (χ1) is 7.69. The number of rotatable bonds is 6. The van der Waals surface area contributed by atoms with Gasteiger partial charge in [0, 0.05) is 22.2 Å². The topological polar surface area (TPSA) is 18.5 Å². The molecule has 0 amide bonds. The van der Waals surface area contributed by atoms with Gasteiger partial charge in [-0.3, -0.25) is 0 Å². The lowest BCUT2D eigenvalue weighted by molar-refractivity contribution is 0.131. The van der Waals surface area contributed by atoms with E-state index >= 15 is 0 Å². The van der Waals surface area contributed by atoms with Crippen LogP contribution in [0.3, 0.4) is 0 Å². The molecule has 0 unspecified atom stereocenters. The molecule has 1 rings (SSSR count). The standard InChI is InChI=1S/C12H16Br2O2/c1-3-15-7-9-5-12(14)10(6-11(9)13)8-16-4-2/h5-6H,3-4,7-8H2,1-2H3. The van der Waals surface area contributed by atoms with Crippen molar-refractivity contribution in [2.45, 2.75) is 27.1 Å². The molecule has 1 aromatic carbocycles. The van der Waals surface area contributed by atoms with Crippen LogP contribution in [0.15, 0.2) is 21.1 Å². The summed E-state index contributed by atoms with van der Waals surface area (Å²) in [6, 6.07) is 4.15. The number of benzene rings is 1. The lowest BCUT2D eigenvalue weighted by atomic mass is 10.1. The molecule has 0 aromatic heterocycles. The Morgan fingerprint density at radius 3 is 1.56 bits per heavy atom. The maximum absolute atomic E-state index is 5.39. The van der Waals surface area contributed by atoms with E-state index in [0.717, 1.165) is 33.3 Å². The van der Waals surface area contributed by atoms with Gasteiger partial charge in [-0.25, -0.2) is 0 Å².